The van der Waals surface area contributed by atoms with Gasteiger partial charge >= 0.3 is 5.97 Å². The second-order valence-corrected chi connectivity index (χ2v) is 6.06. The number of hydrogen-bond donors (Lipinski definition) is 1. The molecule has 2 amide bonds. The van der Waals surface area contributed by atoms with Crippen LogP contribution < -0.4 is 15.2 Å². The lowest BCUT2D eigenvalue weighted by molar-refractivity contribution is -0.151. The fraction of sp³-hybridized carbons (Fsp3) is 0.421. The number of rotatable bonds is 7. The van der Waals surface area contributed by atoms with Gasteiger partial charge in [-0.1, -0.05) is 6.07 Å². The van der Waals surface area contributed by atoms with E-state index < -0.39 is 30.4 Å². The summed E-state index contributed by atoms with van der Waals surface area (Å²) in [6.07, 6.45) is 4.93. The number of primary amides is 1. The van der Waals surface area contributed by atoms with Gasteiger partial charge in [-0.05, 0) is 43.0 Å². The van der Waals surface area contributed by atoms with E-state index in [1.807, 2.05) is 0 Å². The number of amides is 2. The van der Waals surface area contributed by atoms with E-state index in [1.165, 1.54) is 25.2 Å². The topological polar surface area (TPSA) is 108 Å². The van der Waals surface area contributed by atoms with Crippen LogP contribution in [-0.2, 0) is 19.1 Å². The van der Waals surface area contributed by atoms with E-state index in [1.54, 1.807) is 24.3 Å². The largest absolute Gasteiger partial charge is 0.493 e. The van der Waals surface area contributed by atoms with E-state index in [0.717, 1.165) is 12.8 Å². The van der Waals surface area contributed by atoms with Gasteiger partial charge in [-0.3, -0.25) is 9.59 Å². The zero-order valence-electron chi connectivity index (χ0n) is 15.5. The van der Waals surface area contributed by atoms with Crippen molar-refractivity contribution in [3.63, 3.8) is 0 Å². The second kappa shape index (κ2) is 9.61. The number of piperidine rings is 1. The maximum Gasteiger partial charge on any atom is 0.331 e. The van der Waals surface area contributed by atoms with Crippen LogP contribution in [0, 0.1) is 0 Å². The number of likely N-dealkylation sites (tertiary alicyclic amines) is 1. The monoisotopic (exact) mass is 376 g/mol. The van der Waals surface area contributed by atoms with Crippen LogP contribution in [0.1, 0.15) is 24.8 Å². The standard InChI is InChI=1S/C19H24N2O6/c1-25-15-8-6-13(11-16(15)26-2)7-9-18(23)27-12-17(22)21-10-4-3-5-14(21)19(20)24/h6-9,11,14H,3-5,10,12H2,1-2H3,(H2,20,24)/b9-7+/t14-/m1/s1. The molecule has 1 aliphatic heterocycles. The summed E-state index contributed by atoms with van der Waals surface area (Å²) in [5.41, 5.74) is 6.05. The van der Waals surface area contributed by atoms with E-state index >= 15 is 0 Å². The molecule has 0 saturated carbocycles. The first-order chi connectivity index (χ1) is 13.0. The molecule has 2 N–H and O–H groups in total. The lowest BCUT2D eigenvalue weighted by atomic mass is 10.0. The molecular weight excluding hydrogens is 352 g/mol. The average Bonchev–Trinajstić information content (AvgIpc) is 2.69. The molecule has 1 fully saturated rings. The zero-order valence-corrected chi connectivity index (χ0v) is 15.5. The Kier molecular flexibility index (Phi) is 7.22. The summed E-state index contributed by atoms with van der Waals surface area (Å²) >= 11 is 0. The van der Waals surface area contributed by atoms with Crippen LogP contribution in [0.3, 0.4) is 0 Å². The van der Waals surface area contributed by atoms with Crippen molar-refractivity contribution in [3.8, 4) is 11.5 Å². The highest BCUT2D eigenvalue weighted by Crippen LogP contribution is 2.28. The van der Waals surface area contributed by atoms with Crippen LogP contribution in [0.5, 0.6) is 11.5 Å². The predicted molar refractivity (Wildman–Crippen MR) is 98.1 cm³/mol. The van der Waals surface area contributed by atoms with Gasteiger partial charge in [0.25, 0.3) is 5.91 Å². The summed E-state index contributed by atoms with van der Waals surface area (Å²) in [5.74, 6) is -0.515. The van der Waals surface area contributed by atoms with Gasteiger partial charge in [0.1, 0.15) is 6.04 Å². The average molecular weight is 376 g/mol. The predicted octanol–water partition coefficient (Wildman–Crippen LogP) is 1.13. The summed E-state index contributed by atoms with van der Waals surface area (Å²) < 4.78 is 15.3. The molecule has 1 aromatic carbocycles. The van der Waals surface area contributed by atoms with Crippen LogP contribution in [0.4, 0.5) is 0 Å². The summed E-state index contributed by atoms with van der Waals surface area (Å²) in [6, 6.07) is 4.54. The fourth-order valence-electron chi connectivity index (χ4n) is 2.91. The molecule has 1 aliphatic rings. The van der Waals surface area contributed by atoms with Crippen molar-refractivity contribution in [2.24, 2.45) is 5.73 Å². The van der Waals surface area contributed by atoms with Crippen LogP contribution in [0.15, 0.2) is 24.3 Å². The number of nitrogens with zero attached hydrogens (tertiary/aromatic N) is 1. The van der Waals surface area contributed by atoms with Gasteiger partial charge in [0.05, 0.1) is 14.2 Å². The number of ether oxygens (including phenoxy) is 3. The van der Waals surface area contributed by atoms with E-state index in [-0.39, 0.29) is 0 Å². The molecule has 8 nitrogen and oxygen atoms in total. The molecule has 146 valence electrons. The number of carbonyl (C=O) groups excluding carboxylic acids is 3. The number of methoxy groups -OCH3 is 2. The van der Waals surface area contributed by atoms with Gasteiger partial charge < -0.3 is 24.8 Å². The Bertz CT molecular complexity index is 731. The fourth-order valence-corrected chi connectivity index (χ4v) is 2.91. The van der Waals surface area contributed by atoms with Crippen molar-refractivity contribution in [1.82, 2.24) is 4.90 Å². The minimum atomic E-state index is -0.661. The van der Waals surface area contributed by atoms with E-state index in [2.05, 4.69) is 0 Å². The van der Waals surface area contributed by atoms with Crippen LogP contribution in [0.25, 0.3) is 6.08 Å². The van der Waals surface area contributed by atoms with Crippen molar-refractivity contribution >= 4 is 23.9 Å². The van der Waals surface area contributed by atoms with Crippen LogP contribution >= 0.6 is 0 Å². The molecule has 0 radical (unpaired) electrons. The molecular formula is C19H24N2O6. The molecule has 1 aromatic rings. The molecule has 0 bridgehead atoms. The summed E-state index contributed by atoms with van der Waals surface area (Å²) in [7, 11) is 3.05. The van der Waals surface area contributed by atoms with E-state index in [9.17, 15) is 14.4 Å². The van der Waals surface area contributed by atoms with E-state index in [0.29, 0.717) is 30.0 Å². The van der Waals surface area contributed by atoms with Gasteiger partial charge in [0.15, 0.2) is 18.1 Å². The number of nitrogens with two attached hydrogens (primary N) is 1. The highest BCUT2D eigenvalue weighted by atomic mass is 16.5. The lowest BCUT2D eigenvalue weighted by Crippen LogP contribution is -2.51. The Labute approximate surface area is 157 Å². The van der Waals surface area contributed by atoms with Gasteiger partial charge in [0.2, 0.25) is 5.91 Å². The van der Waals surface area contributed by atoms with Crippen LogP contribution in [-0.4, -0.2) is 56.1 Å². The quantitative estimate of drug-likeness (QED) is 0.564. The normalized spacial score (nSPS) is 16.8. The third-order valence-electron chi connectivity index (χ3n) is 4.31. The Hall–Kier alpha value is -3.03. The maximum absolute atomic E-state index is 12.2. The zero-order chi connectivity index (χ0) is 19.8. The number of esters is 1. The summed E-state index contributed by atoms with van der Waals surface area (Å²) in [5, 5.41) is 0. The molecule has 8 heteroatoms. The molecule has 1 saturated heterocycles. The third-order valence-corrected chi connectivity index (χ3v) is 4.31. The molecule has 0 aromatic heterocycles. The minimum absolute atomic E-state index is 0.425. The molecule has 0 aliphatic carbocycles. The van der Waals surface area contributed by atoms with Crippen molar-refractivity contribution in [1.29, 1.82) is 0 Å². The smallest absolute Gasteiger partial charge is 0.331 e. The van der Waals surface area contributed by atoms with Crippen molar-refractivity contribution < 1.29 is 28.6 Å². The molecule has 0 spiro atoms. The first-order valence-corrected chi connectivity index (χ1v) is 8.62. The van der Waals surface area contributed by atoms with Crippen molar-refractivity contribution in [2.45, 2.75) is 25.3 Å². The highest BCUT2D eigenvalue weighted by molar-refractivity contribution is 5.91. The summed E-state index contributed by atoms with van der Waals surface area (Å²) in [4.78, 5) is 36.9. The summed E-state index contributed by atoms with van der Waals surface area (Å²) in [6.45, 7) is 0.00433. The lowest BCUT2D eigenvalue weighted by Gasteiger charge is -2.33. The Morgan fingerprint density at radius 2 is 1.93 bits per heavy atom. The highest BCUT2D eigenvalue weighted by Gasteiger charge is 2.30. The first-order valence-electron chi connectivity index (χ1n) is 8.62. The van der Waals surface area contributed by atoms with Gasteiger partial charge in [-0.2, -0.15) is 0 Å². The third kappa shape index (κ3) is 5.47. The van der Waals surface area contributed by atoms with Crippen LogP contribution in [0.2, 0.25) is 0 Å². The Balaban J connectivity index is 1.91. The number of benzene rings is 1. The molecule has 1 atom stereocenters. The van der Waals surface area contributed by atoms with Gasteiger partial charge in [0, 0.05) is 12.6 Å². The SMILES string of the molecule is COc1ccc(/C=C/C(=O)OCC(=O)N2CCCC[C@@H]2C(N)=O)cc1OC. The van der Waals surface area contributed by atoms with Gasteiger partial charge in [-0.25, -0.2) is 4.79 Å². The van der Waals surface area contributed by atoms with Crippen molar-refractivity contribution in [3.05, 3.63) is 29.8 Å². The number of hydrogen-bond acceptors (Lipinski definition) is 6. The molecule has 0 unspecified atom stereocenters. The van der Waals surface area contributed by atoms with Crippen molar-refractivity contribution in [2.75, 3.05) is 27.4 Å². The minimum Gasteiger partial charge on any atom is -0.493 e. The second-order valence-electron chi connectivity index (χ2n) is 6.06. The first kappa shape index (κ1) is 20.3. The number of carbonyl (C=O) groups is 3. The van der Waals surface area contributed by atoms with Gasteiger partial charge in [-0.15, -0.1) is 0 Å². The molecule has 2 rings (SSSR count). The Morgan fingerprint density at radius 1 is 1.19 bits per heavy atom. The molecule has 27 heavy (non-hydrogen) atoms. The van der Waals surface area contributed by atoms with E-state index in [4.69, 9.17) is 19.9 Å². The maximum atomic E-state index is 12.2. The molecule has 1 heterocycles. The Morgan fingerprint density at radius 3 is 2.59 bits per heavy atom.